The van der Waals surface area contributed by atoms with E-state index in [4.69, 9.17) is 27.9 Å². The van der Waals surface area contributed by atoms with Gasteiger partial charge < -0.3 is 10.1 Å². The number of anilines is 1. The highest BCUT2D eigenvalue weighted by Gasteiger charge is 2.12. The van der Waals surface area contributed by atoms with E-state index in [1.54, 1.807) is 20.0 Å². The summed E-state index contributed by atoms with van der Waals surface area (Å²) in [5, 5.41) is 3.46. The lowest BCUT2D eigenvalue weighted by molar-refractivity contribution is 0.455. The Balaban J connectivity index is 2.40. The molecule has 0 aliphatic carbocycles. The smallest absolute Gasteiger partial charge is 0.240 e. The highest BCUT2D eigenvalue weighted by Crippen LogP contribution is 2.34. The van der Waals surface area contributed by atoms with Crippen LogP contribution in [0, 0.1) is 12.7 Å². The fourth-order valence-electron chi connectivity index (χ4n) is 1.48. The maximum absolute atomic E-state index is 13.2. The zero-order chi connectivity index (χ0) is 14.0. The molecule has 1 aromatic carbocycles. The Morgan fingerprint density at radius 3 is 2.63 bits per heavy atom. The lowest BCUT2D eigenvalue weighted by Gasteiger charge is -2.11. The molecule has 1 heterocycles. The largest absolute Gasteiger partial charge is 0.437 e. The molecule has 1 aromatic heterocycles. The Kier molecular flexibility index (Phi) is 4.12. The van der Waals surface area contributed by atoms with Crippen molar-refractivity contribution in [3.63, 3.8) is 0 Å². The number of ether oxygens (including phenoxy) is 1. The third kappa shape index (κ3) is 3.08. The van der Waals surface area contributed by atoms with Crippen LogP contribution in [0.15, 0.2) is 24.3 Å². The molecule has 0 fully saturated rings. The lowest BCUT2D eigenvalue weighted by atomic mass is 10.2. The summed E-state index contributed by atoms with van der Waals surface area (Å²) in [6.07, 6.45) is 0. The number of nitrogens with zero attached hydrogens (tertiary/aromatic N) is 1. The van der Waals surface area contributed by atoms with E-state index in [1.165, 1.54) is 18.2 Å². The van der Waals surface area contributed by atoms with Crippen LogP contribution in [0.25, 0.3) is 0 Å². The van der Waals surface area contributed by atoms with Gasteiger partial charge in [-0.25, -0.2) is 4.39 Å². The Hall–Kier alpha value is -1.52. The summed E-state index contributed by atoms with van der Waals surface area (Å²) in [5.41, 5.74) is 0.778. The van der Waals surface area contributed by atoms with E-state index in [0.29, 0.717) is 16.6 Å². The molecule has 0 aliphatic rings. The first-order valence-electron chi connectivity index (χ1n) is 5.49. The number of benzene rings is 1. The van der Waals surface area contributed by atoms with Crippen LogP contribution in [-0.2, 0) is 0 Å². The number of aryl methyl sites for hydroxylation is 1. The van der Waals surface area contributed by atoms with Crippen LogP contribution in [-0.4, -0.2) is 12.0 Å². The van der Waals surface area contributed by atoms with Gasteiger partial charge in [0.05, 0.1) is 5.02 Å². The Labute approximate surface area is 120 Å². The number of hydrogen-bond acceptors (Lipinski definition) is 3. The summed E-state index contributed by atoms with van der Waals surface area (Å²) < 4.78 is 18.7. The summed E-state index contributed by atoms with van der Waals surface area (Å²) in [6, 6.07) is 5.78. The second kappa shape index (κ2) is 5.63. The molecule has 19 heavy (non-hydrogen) atoms. The predicted molar refractivity (Wildman–Crippen MR) is 75.0 cm³/mol. The summed E-state index contributed by atoms with van der Waals surface area (Å²) >= 11 is 11.9. The van der Waals surface area contributed by atoms with Crippen molar-refractivity contribution in [2.24, 2.45) is 0 Å². The molecule has 0 amide bonds. The van der Waals surface area contributed by atoms with Crippen molar-refractivity contribution in [2.75, 3.05) is 12.4 Å². The van der Waals surface area contributed by atoms with Crippen molar-refractivity contribution >= 4 is 29.0 Å². The Morgan fingerprint density at radius 2 is 1.95 bits per heavy atom. The zero-order valence-electron chi connectivity index (χ0n) is 10.3. The van der Waals surface area contributed by atoms with Gasteiger partial charge in [0.25, 0.3) is 0 Å². The molecule has 3 nitrogen and oxygen atoms in total. The second-order valence-corrected chi connectivity index (χ2v) is 4.68. The average molecular weight is 301 g/mol. The minimum Gasteiger partial charge on any atom is -0.437 e. The zero-order valence-corrected chi connectivity index (χ0v) is 11.8. The molecule has 0 aliphatic heterocycles. The molecule has 2 rings (SSSR count). The fourth-order valence-corrected chi connectivity index (χ4v) is 1.98. The number of rotatable bonds is 3. The highest BCUT2D eigenvalue weighted by molar-refractivity contribution is 6.36. The molecule has 0 radical (unpaired) electrons. The third-order valence-electron chi connectivity index (χ3n) is 2.49. The van der Waals surface area contributed by atoms with Gasteiger partial charge in [-0.05, 0) is 24.6 Å². The van der Waals surface area contributed by atoms with Crippen molar-refractivity contribution in [2.45, 2.75) is 6.92 Å². The standard InChI is InChI=1S/C13H11Cl2FN2O/c1-7-3-4-8(16)5-11(7)19-13-10(15)6-9(14)12(17-2)18-13/h3-6H,1-2H3,(H,17,18). The fraction of sp³-hybridized carbons (Fsp3) is 0.154. The van der Waals surface area contributed by atoms with Crippen molar-refractivity contribution in [3.05, 3.63) is 45.7 Å². The van der Waals surface area contributed by atoms with Crippen LogP contribution in [0.5, 0.6) is 11.6 Å². The molecule has 100 valence electrons. The van der Waals surface area contributed by atoms with Crippen LogP contribution in [0.1, 0.15) is 5.56 Å². The van der Waals surface area contributed by atoms with Crippen molar-refractivity contribution < 1.29 is 9.13 Å². The highest BCUT2D eigenvalue weighted by atomic mass is 35.5. The molecule has 2 aromatic rings. The van der Waals surface area contributed by atoms with Gasteiger partial charge in [0.2, 0.25) is 5.88 Å². The van der Waals surface area contributed by atoms with E-state index in [0.717, 1.165) is 5.56 Å². The molecule has 1 N–H and O–H groups in total. The van der Waals surface area contributed by atoms with E-state index >= 15 is 0 Å². The maximum Gasteiger partial charge on any atom is 0.240 e. The monoisotopic (exact) mass is 300 g/mol. The van der Waals surface area contributed by atoms with E-state index in [2.05, 4.69) is 10.3 Å². The number of nitrogens with one attached hydrogen (secondary N) is 1. The van der Waals surface area contributed by atoms with Crippen LogP contribution < -0.4 is 10.1 Å². The van der Waals surface area contributed by atoms with Gasteiger partial charge in [-0.1, -0.05) is 29.3 Å². The number of hydrogen-bond donors (Lipinski definition) is 1. The Bertz CT molecular complexity index is 620. The van der Waals surface area contributed by atoms with Crippen molar-refractivity contribution in [1.29, 1.82) is 0 Å². The quantitative estimate of drug-likeness (QED) is 0.894. The molecular formula is C13H11Cl2FN2O. The van der Waals surface area contributed by atoms with Gasteiger partial charge in [0, 0.05) is 13.1 Å². The SMILES string of the molecule is CNc1nc(Oc2cc(F)ccc2C)c(Cl)cc1Cl. The number of halogens is 3. The van der Waals surface area contributed by atoms with Gasteiger partial charge in [-0.2, -0.15) is 4.98 Å². The molecule has 0 saturated carbocycles. The second-order valence-electron chi connectivity index (χ2n) is 3.87. The van der Waals surface area contributed by atoms with Crippen molar-refractivity contribution in [1.82, 2.24) is 4.98 Å². The van der Waals surface area contributed by atoms with Crippen LogP contribution >= 0.6 is 23.2 Å². The summed E-state index contributed by atoms with van der Waals surface area (Å²) in [5.74, 6) is 0.581. The molecule has 0 saturated heterocycles. The lowest BCUT2D eigenvalue weighted by Crippen LogP contribution is -1.97. The van der Waals surface area contributed by atoms with E-state index in [-0.39, 0.29) is 16.7 Å². The minimum absolute atomic E-state index is 0.170. The average Bonchev–Trinajstić information content (AvgIpc) is 2.37. The van der Waals surface area contributed by atoms with Gasteiger partial charge in [-0.3, -0.25) is 0 Å². The molecule has 0 unspecified atom stereocenters. The first-order valence-corrected chi connectivity index (χ1v) is 6.24. The van der Waals surface area contributed by atoms with E-state index in [1.807, 2.05) is 0 Å². The molecule has 0 spiro atoms. The predicted octanol–water partition coefficient (Wildman–Crippen LogP) is 4.67. The molecular weight excluding hydrogens is 290 g/mol. The van der Waals surface area contributed by atoms with Crippen LogP contribution in [0.2, 0.25) is 10.0 Å². The summed E-state index contributed by atoms with van der Waals surface area (Å²) in [7, 11) is 1.68. The molecule has 0 bridgehead atoms. The van der Waals surface area contributed by atoms with Gasteiger partial charge >= 0.3 is 0 Å². The number of pyridine rings is 1. The maximum atomic E-state index is 13.2. The van der Waals surface area contributed by atoms with Crippen molar-refractivity contribution in [3.8, 4) is 11.6 Å². The normalized spacial score (nSPS) is 10.4. The summed E-state index contributed by atoms with van der Waals surface area (Å²) in [4.78, 5) is 4.14. The summed E-state index contributed by atoms with van der Waals surface area (Å²) in [6.45, 7) is 1.80. The van der Waals surface area contributed by atoms with Gasteiger partial charge in [0.1, 0.15) is 22.4 Å². The van der Waals surface area contributed by atoms with Gasteiger partial charge in [0.15, 0.2) is 0 Å². The minimum atomic E-state index is -0.389. The van der Waals surface area contributed by atoms with E-state index < -0.39 is 0 Å². The van der Waals surface area contributed by atoms with Crippen LogP contribution in [0.4, 0.5) is 10.2 Å². The molecule has 6 heteroatoms. The van der Waals surface area contributed by atoms with E-state index in [9.17, 15) is 4.39 Å². The Morgan fingerprint density at radius 1 is 1.21 bits per heavy atom. The first kappa shape index (κ1) is 13.9. The number of aromatic nitrogens is 1. The van der Waals surface area contributed by atoms with Gasteiger partial charge in [-0.15, -0.1) is 0 Å². The molecule has 0 atom stereocenters. The topological polar surface area (TPSA) is 34.2 Å². The first-order chi connectivity index (χ1) is 9.01. The van der Waals surface area contributed by atoms with Crippen LogP contribution in [0.3, 0.4) is 0 Å². The third-order valence-corrected chi connectivity index (χ3v) is 3.05.